The lowest BCUT2D eigenvalue weighted by Crippen LogP contribution is -2.43. The second-order valence-electron chi connectivity index (χ2n) is 5.07. The minimum atomic E-state index is -0.807. The molecule has 1 fully saturated rings. The van der Waals surface area contributed by atoms with Gasteiger partial charge in [-0.2, -0.15) is 0 Å². The van der Waals surface area contributed by atoms with Crippen LogP contribution >= 0.6 is 0 Å². The molecular formula is C10H20O2. The Balaban J connectivity index is 2.77. The second kappa shape index (κ2) is 3.00. The minimum absolute atomic E-state index is 0.0884. The van der Waals surface area contributed by atoms with E-state index in [1.807, 2.05) is 0 Å². The van der Waals surface area contributed by atoms with E-state index in [1.54, 1.807) is 0 Å². The third-order valence-corrected chi connectivity index (χ3v) is 3.07. The van der Waals surface area contributed by atoms with Gasteiger partial charge in [0.15, 0.2) is 0 Å². The van der Waals surface area contributed by atoms with Gasteiger partial charge in [0.05, 0.1) is 12.2 Å². The van der Waals surface area contributed by atoms with Crippen LogP contribution in [0.5, 0.6) is 0 Å². The molecule has 0 aromatic carbocycles. The zero-order valence-corrected chi connectivity index (χ0v) is 8.30. The summed E-state index contributed by atoms with van der Waals surface area (Å²) in [5.74, 6) is 0.245. The molecule has 0 aromatic rings. The molecule has 2 heteroatoms. The summed E-state index contributed by atoms with van der Waals surface area (Å²) in [7, 11) is 0. The molecule has 72 valence electrons. The lowest BCUT2D eigenvalue weighted by molar-refractivity contribution is -0.0764. The van der Waals surface area contributed by atoms with Gasteiger partial charge >= 0.3 is 0 Å². The first-order valence-corrected chi connectivity index (χ1v) is 4.73. The van der Waals surface area contributed by atoms with Gasteiger partial charge in [-0.05, 0) is 24.2 Å². The van der Waals surface area contributed by atoms with E-state index in [9.17, 15) is 5.11 Å². The van der Waals surface area contributed by atoms with Crippen LogP contribution in [-0.4, -0.2) is 22.4 Å². The van der Waals surface area contributed by atoms with Crippen LogP contribution in [0.2, 0.25) is 0 Å². The standard InChI is InChI=1S/C10H20O2/c1-9(2,3)8-5-4-6-10(8,12)7-11/h8,11-12H,4-7H2,1-3H3/t8-,10+/m1/s1. The summed E-state index contributed by atoms with van der Waals surface area (Å²) in [6, 6.07) is 0. The van der Waals surface area contributed by atoms with Gasteiger partial charge in [-0.1, -0.05) is 27.2 Å². The first-order chi connectivity index (χ1) is 5.40. The molecule has 1 saturated carbocycles. The molecule has 0 bridgehead atoms. The van der Waals surface area contributed by atoms with Crippen molar-refractivity contribution < 1.29 is 10.2 Å². The van der Waals surface area contributed by atoms with Gasteiger partial charge in [0.1, 0.15) is 0 Å². The van der Waals surface area contributed by atoms with Gasteiger partial charge in [0, 0.05) is 0 Å². The van der Waals surface area contributed by atoms with E-state index in [0.29, 0.717) is 0 Å². The molecule has 0 saturated heterocycles. The van der Waals surface area contributed by atoms with Crippen molar-refractivity contribution in [1.29, 1.82) is 0 Å². The molecule has 2 N–H and O–H groups in total. The lowest BCUT2D eigenvalue weighted by Gasteiger charge is -2.37. The first-order valence-electron chi connectivity index (χ1n) is 4.73. The third kappa shape index (κ3) is 1.64. The number of aliphatic hydroxyl groups is 2. The largest absolute Gasteiger partial charge is 0.393 e. The van der Waals surface area contributed by atoms with Crippen molar-refractivity contribution in [1.82, 2.24) is 0 Å². The van der Waals surface area contributed by atoms with Crippen LogP contribution in [0.1, 0.15) is 40.0 Å². The van der Waals surface area contributed by atoms with E-state index >= 15 is 0 Å². The summed E-state index contributed by atoms with van der Waals surface area (Å²) in [5.41, 5.74) is -0.702. The zero-order chi connectivity index (χ0) is 9.41. The molecule has 0 heterocycles. The van der Waals surface area contributed by atoms with Crippen LogP contribution in [0, 0.1) is 11.3 Å². The van der Waals surface area contributed by atoms with E-state index in [4.69, 9.17) is 5.11 Å². The molecule has 2 atom stereocenters. The minimum Gasteiger partial charge on any atom is -0.393 e. The molecule has 0 aliphatic heterocycles. The summed E-state index contributed by atoms with van der Waals surface area (Å²) < 4.78 is 0. The number of rotatable bonds is 1. The highest BCUT2D eigenvalue weighted by atomic mass is 16.3. The third-order valence-electron chi connectivity index (χ3n) is 3.07. The Kier molecular flexibility index (Phi) is 2.50. The van der Waals surface area contributed by atoms with E-state index in [-0.39, 0.29) is 17.9 Å². The molecule has 0 spiro atoms. The summed E-state index contributed by atoms with van der Waals surface area (Å²) in [6.45, 7) is 6.30. The Hall–Kier alpha value is -0.0800. The van der Waals surface area contributed by atoms with Crippen molar-refractivity contribution >= 4 is 0 Å². The fraction of sp³-hybridized carbons (Fsp3) is 1.00. The van der Waals surface area contributed by atoms with E-state index < -0.39 is 5.60 Å². The van der Waals surface area contributed by atoms with Crippen LogP contribution in [0.4, 0.5) is 0 Å². The Bertz CT molecular complexity index is 160. The maximum atomic E-state index is 10.0. The van der Waals surface area contributed by atoms with E-state index in [0.717, 1.165) is 19.3 Å². The van der Waals surface area contributed by atoms with Crippen molar-refractivity contribution in [2.75, 3.05) is 6.61 Å². The van der Waals surface area contributed by atoms with Crippen LogP contribution in [0.25, 0.3) is 0 Å². The average molecular weight is 172 g/mol. The van der Waals surface area contributed by atoms with E-state index in [1.165, 1.54) is 0 Å². The van der Waals surface area contributed by atoms with E-state index in [2.05, 4.69) is 20.8 Å². The second-order valence-corrected chi connectivity index (χ2v) is 5.07. The van der Waals surface area contributed by atoms with Gasteiger partial charge < -0.3 is 10.2 Å². The molecule has 0 aromatic heterocycles. The number of hydrogen-bond acceptors (Lipinski definition) is 2. The highest BCUT2D eigenvalue weighted by Crippen LogP contribution is 2.45. The molecule has 0 unspecified atom stereocenters. The topological polar surface area (TPSA) is 40.5 Å². The van der Waals surface area contributed by atoms with Crippen molar-refractivity contribution in [2.45, 2.75) is 45.6 Å². The van der Waals surface area contributed by atoms with Gasteiger partial charge in [-0.3, -0.25) is 0 Å². The van der Waals surface area contributed by atoms with Gasteiger partial charge in [-0.15, -0.1) is 0 Å². The summed E-state index contributed by atoms with van der Waals surface area (Å²) in [6.07, 6.45) is 2.84. The maximum absolute atomic E-state index is 10.0. The summed E-state index contributed by atoms with van der Waals surface area (Å²) >= 11 is 0. The smallest absolute Gasteiger partial charge is 0.0910 e. The molecule has 1 aliphatic rings. The highest BCUT2D eigenvalue weighted by molar-refractivity contribution is 4.96. The maximum Gasteiger partial charge on any atom is 0.0910 e. The van der Waals surface area contributed by atoms with Gasteiger partial charge in [0.25, 0.3) is 0 Å². The number of aliphatic hydroxyl groups excluding tert-OH is 1. The molecule has 12 heavy (non-hydrogen) atoms. The van der Waals surface area contributed by atoms with Crippen molar-refractivity contribution in [2.24, 2.45) is 11.3 Å². The van der Waals surface area contributed by atoms with Crippen LogP contribution in [-0.2, 0) is 0 Å². The Morgan fingerprint density at radius 3 is 2.33 bits per heavy atom. The summed E-state index contributed by atoms with van der Waals surface area (Å²) in [4.78, 5) is 0. The fourth-order valence-electron chi connectivity index (χ4n) is 2.48. The predicted molar refractivity (Wildman–Crippen MR) is 48.8 cm³/mol. The molecule has 2 nitrogen and oxygen atoms in total. The predicted octanol–water partition coefficient (Wildman–Crippen LogP) is 1.56. The monoisotopic (exact) mass is 172 g/mol. The molecular weight excluding hydrogens is 152 g/mol. The van der Waals surface area contributed by atoms with Crippen molar-refractivity contribution in [3.63, 3.8) is 0 Å². The molecule has 0 radical (unpaired) electrons. The zero-order valence-electron chi connectivity index (χ0n) is 8.30. The van der Waals surface area contributed by atoms with Crippen LogP contribution in [0.15, 0.2) is 0 Å². The summed E-state index contributed by atoms with van der Waals surface area (Å²) in [5, 5.41) is 19.2. The fourth-order valence-corrected chi connectivity index (χ4v) is 2.48. The Morgan fingerprint density at radius 2 is 2.00 bits per heavy atom. The van der Waals surface area contributed by atoms with Crippen LogP contribution < -0.4 is 0 Å². The number of hydrogen-bond donors (Lipinski definition) is 2. The van der Waals surface area contributed by atoms with Crippen molar-refractivity contribution in [3.8, 4) is 0 Å². The molecule has 0 amide bonds. The first kappa shape index (κ1) is 10.0. The van der Waals surface area contributed by atoms with Gasteiger partial charge in [-0.25, -0.2) is 0 Å². The highest BCUT2D eigenvalue weighted by Gasteiger charge is 2.46. The SMILES string of the molecule is CC(C)(C)[C@H]1CCC[C@]1(O)CO. The average Bonchev–Trinajstić information content (AvgIpc) is 2.31. The van der Waals surface area contributed by atoms with Crippen LogP contribution in [0.3, 0.4) is 0 Å². The Labute approximate surface area is 74.6 Å². The quantitative estimate of drug-likeness (QED) is 0.630. The normalized spacial score (nSPS) is 37.2. The van der Waals surface area contributed by atoms with Gasteiger partial charge in [0.2, 0.25) is 0 Å². The molecule has 1 rings (SSSR count). The van der Waals surface area contributed by atoms with Crippen molar-refractivity contribution in [3.05, 3.63) is 0 Å². The molecule has 1 aliphatic carbocycles. The lowest BCUT2D eigenvalue weighted by atomic mass is 9.73. The Morgan fingerprint density at radius 1 is 1.42 bits per heavy atom.